The second-order valence-corrected chi connectivity index (χ2v) is 3.07. The van der Waals surface area contributed by atoms with Gasteiger partial charge in [-0.3, -0.25) is 9.59 Å². The van der Waals surface area contributed by atoms with Crippen molar-refractivity contribution < 1.29 is 10.0 Å². The Balaban J connectivity index is 3.37. The van der Waals surface area contributed by atoms with Gasteiger partial charge in [0.25, 0.3) is 5.91 Å². The smallest absolute Gasteiger partial charge is 0.259 e. The van der Waals surface area contributed by atoms with Crippen molar-refractivity contribution in [2.45, 2.75) is 0 Å². The Bertz CT molecular complexity index is 448. The van der Waals surface area contributed by atoms with Crippen molar-refractivity contribution >= 4 is 12.1 Å². The summed E-state index contributed by atoms with van der Waals surface area (Å²) in [5, 5.41) is 11.2. The number of nitrogens with zero attached hydrogens (tertiary/aromatic N) is 2. The molecule has 1 aromatic rings. The predicted molar refractivity (Wildman–Crippen MR) is 54.5 cm³/mol. The van der Waals surface area contributed by atoms with Gasteiger partial charge in [0.2, 0.25) is 0 Å². The number of hydrogen-bond acceptors (Lipinski definition) is 4. The second kappa shape index (κ2) is 4.41. The normalized spacial score (nSPS) is 10.5. The molecule has 2 N–H and O–H groups in total. The lowest BCUT2D eigenvalue weighted by atomic mass is 10.1. The van der Waals surface area contributed by atoms with Gasteiger partial charge >= 0.3 is 0 Å². The molecule has 80 valence electrons. The molecule has 0 spiro atoms. The van der Waals surface area contributed by atoms with Gasteiger partial charge in [0, 0.05) is 26.4 Å². The summed E-state index contributed by atoms with van der Waals surface area (Å²) in [5.41, 5.74) is -0.272. The molecule has 1 rings (SSSR count). The van der Waals surface area contributed by atoms with Crippen molar-refractivity contribution in [1.82, 2.24) is 9.88 Å². The minimum Gasteiger partial charge on any atom is -0.411 e. The number of nitrogens with one attached hydrogen (secondary N) is 1. The molecule has 0 aliphatic rings. The van der Waals surface area contributed by atoms with E-state index in [0.717, 1.165) is 6.21 Å². The van der Waals surface area contributed by atoms with E-state index in [9.17, 15) is 9.59 Å². The quantitative estimate of drug-likeness (QED) is 0.404. The van der Waals surface area contributed by atoms with E-state index in [4.69, 9.17) is 5.21 Å². The monoisotopic (exact) mass is 209 g/mol. The molecule has 1 aromatic heterocycles. The first kappa shape index (κ1) is 11.0. The summed E-state index contributed by atoms with van der Waals surface area (Å²) in [7, 11) is 3.07. The summed E-state index contributed by atoms with van der Waals surface area (Å²) in [6.07, 6.45) is 2.39. The number of carbonyl (C=O) groups excluding carboxylic acids is 1. The van der Waals surface area contributed by atoms with Crippen LogP contribution in [-0.2, 0) is 0 Å². The molecular weight excluding hydrogens is 198 g/mol. The van der Waals surface area contributed by atoms with E-state index in [1.165, 1.54) is 31.3 Å². The number of oxime groups is 1. The van der Waals surface area contributed by atoms with Crippen molar-refractivity contribution in [2.24, 2.45) is 5.16 Å². The van der Waals surface area contributed by atoms with E-state index in [1.54, 1.807) is 0 Å². The Hall–Kier alpha value is -2.11. The predicted octanol–water partition coefficient (Wildman–Crippen LogP) is -0.115. The highest BCUT2D eigenvalue weighted by Crippen LogP contribution is 2.00. The van der Waals surface area contributed by atoms with Crippen LogP contribution in [0.15, 0.2) is 22.2 Å². The summed E-state index contributed by atoms with van der Waals surface area (Å²) in [6.45, 7) is 0. The average molecular weight is 209 g/mol. The fourth-order valence-corrected chi connectivity index (χ4v) is 1.10. The molecule has 6 heteroatoms. The molecule has 0 saturated carbocycles. The SMILES string of the molecule is CN(C)C(=O)c1c(C=NO)[nH]ccc1=O. The van der Waals surface area contributed by atoms with Crippen LogP contribution in [0.1, 0.15) is 16.1 Å². The largest absolute Gasteiger partial charge is 0.411 e. The van der Waals surface area contributed by atoms with Crippen LogP contribution in [0.2, 0.25) is 0 Å². The van der Waals surface area contributed by atoms with Gasteiger partial charge in [0.1, 0.15) is 5.56 Å². The van der Waals surface area contributed by atoms with Gasteiger partial charge in [-0.1, -0.05) is 5.16 Å². The Morgan fingerprint density at radius 2 is 2.27 bits per heavy atom. The minimum atomic E-state index is -0.438. The van der Waals surface area contributed by atoms with Gasteiger partial charge < -0.3 is 15.1 Å². The summed E-state index contributed by atoms with van der Waals surface area (Å²) in [4.78, 5) is 27.0. The van der Waals surface area contributed by atoms with Crippen molar-refractivity contribution in [3.63, 3.8) is 0 Å². The standard InChI is InChI=1S/C9H11N3O3/c1-12(2)9(14)8-6(5-11-15)10-4-3-7(8)13/h3-5,15H,1-2H3,(H,10,13). The van der Waals surface area contributed by atoms with Crippen LogP contribution in [0.4, 0.5) is 0 Å². The van der Waals surface area contributed by atoms with Gasteiger partial charge in [-0.25, -0.2) is 0 Å². The minimum absolute atomic E-state index is 0.0414. The number of aromatic amines is 1. The van der Waals surface area contributed by atoms with Gasteiger partial charge in [-0.05, 0) is 0 Å². The molecule has 15 heavy (non-hydrogen) atoms. The van der Waals surface area contributed by atoms with E-state index in [0.29, 0.717) is 0 Å². The highest BCUT2D eigenvalue weighted by molar-refractivity contribution is 6.00. The third-order valence-corrected chi connectivity index (χ3v) is 1.80. The first-order valence-corrected chi connectivity index (χ1v) is 4.18. The number of pyridine rings is 1. The summed E-state index contributed by atoms with van der Waals surface area (Å²) < 4.78 is 0. The van der Waals surface area contributed by atoms with Crippen LogP contribution in [0.3, 0.4) is 0 Å². The molecule has 6 nitrogen and oxygen atoms in total. The van der Waals surface area contributed by atoms with Crippen LogP contribution in [-0.4, -0.2) is 41.3 Å². The first-order chi connectivity index (χ1) is 7.07. The molecule has 1 amide bonds. The van der Waals surface area contributed by atoms with E-state index in [1.807, 2.05) is 0 Å². The number of H-pyrrole nitrogens is 1. The van der Waals surface area contributed by atoms with E-state index in [-0.39, 0.29) is 11.3 Å². The average Bonchev–Trinajstić information content (AvgIpc) is 2.17. The van der Waals surface area contributed by atoms with Gasteiger partial charge in [0.05, 0.1) is 11.9 Å². The van der Waals surface area contributed by atoms with E-state index < -0.39 is 11.3 Å². The maximum Gasteiger partial charge on any atom is 0.259 e. The zero-order chi connectivity index (χ0) is 11.4. The number of amides is 1. The number of carbonyl (C=O) groups is 1. The molecule has 0 radical (unpaired) electrons. The van der Waals surface area contributed by atoms with Gasteiger partial charge in [0.15, 0.2) is 5.43 Å². The van der Waals surface area contributed by atoms with Crippen molar-refractivity contribution in [3.05, 3.63) is 33.7 Å². The lowest BCUT2D eigenvalue weighted by molar-refractivity contribution is 0.0826. The fraction of sp³-hybridized carbons (Fsp3) is 0.222. The molecule has 0 aliphatic carbocycles. The molecule has 0 saturated heterocycles. The third-order valence-electron chi connectivity index (χ3n) is 1.80. The number of aromatic nitrogens is 1. The van der Waals surface area contributed by atoms with Crippen LogP contribution in [0, 0.1) is 0 Å². The van der Waals surface area contributed by atoms with Crippen molar-refractivity contribution in [1.29, 1.82) is 0 Å². The Morgan fingerprint density at radius 1 is 1.60 bits per heavy atom. The molecule has 1 heterocycles. The summed E-state index contributed by atoms with van der Waals surface area (Å²) >= 11 is 0. The molecule has 0 unspecified atom stereocenters. The highest BCUT2D eigenvalue weighted by Gasteiger charge is 2.16. The van der Waals surface area contributed by atoms with E-state index >= 15 is 0 Å². The number of rotatable bonds is 2. The van der Waals surface area contributed by atoms with E-state index in [2.05, 4.69) is 10.1 Å². The Kier molecular flexibility index (Phi) is 3.22. The van der Waals surface area contributed by atoms with Crippen molar-refractivity contribution in [3.8, 4) is 0 Å². The highest BCUT2D eigenvalue weighted by atomic mass is 16.4. The summed E-state index contributed by atoms with van der Waals surface area (Å²) in [5.74, 6) is -0.438. The maximum atomic E-state index is 11.6. The van der Waals surface area contributed by atoms with Crippen LogP contribution in [0.5, 0.6) is 0 Å². The molecule has 0 aliphatic heterocycles. The lowest BCUT2D eigenvalue weighted by Crippen LogP contribution is -2.29. The zero-order valence-corrected chi connectivity index (χ0v) is 8.39. The van der Waals surface area contributed by atoms with Crippen molar-refractivity contribution in [2.75, 3.05) is 14.1 Å². The molecule has 0 bridgehead atoms. The molecular formula is C9H11N3O3. The van der Waals surface area contributed by atoms with Crippen LogP contribution < -0.4 is 5.43 Å². The maximum absolute atomic E-state index is 11.6. The van der Waals surface area contributed by atoms with Crippen LogP contribution >= 0.6 is 0 Å². The fourth-order valence-electron chi connectivity index (χ4n) is 1.10. The topological polar surface area (TPSA) is 85.8 Å². The van der Waals surface area contributed by atoms with Gasteiger partial charge in [-0.2, -0.15) is 0 Å². The summed E-state index contributed by atoms with van der Waals surface area (Å²) in [6, 6.07) is 1.24. The molecule has 0 atom stereocenters. The van der Waals surface area contributed by atoms with Gasteiger partial charge in [-0.15, -0.1) is 0 Å². The first-order valence-electron chi connectivity index (χ1n) is 4.18. The third kappa shape index (κ3) is 2.22. The zero-order valence-electron chi connectivity index (χ0n) is 8.39. The van der Waals surface area contributed by atoms with Crippen LogP contribution in [0.25, 0.3) is 0 Å². The molecule has 0 fully saturated rings. The Morgan fingerprint density at radius 3 is 2.80 bits per heavy atom. The lowest BCUT2D eigenvalue weighted by Gasteiger charge is -2.10. The second-order valence-electron chi connectivity index (χ2n) is 3.07. The Labute approximate surface area is 85.8 Å². The molecule has 0 aromatic carbocycles. The number of hydrogen-bond donors (Lipinski definition) is 2.